The maximum Gasteiger partial charge on any atom is 0.145 e. The Bertz CT molecular complexity index is 461. The molecule has 20 heavy (non-hydrogen) atoms. The fourth-order valence-corrected chi connectivity index (χ4v) is 2.28. The first-order valence-electron chi connectivity index (χ1n) is 7.38. The number of unbranched alkanes of at least 4 members (excludes halogenated alkanes) is 2. The monoisotopic (exact) mass is 276 g/mol. The van der Waals surface area contributed by atoms with Gasteiger partial charge in [-0.2, -0.15) is 5.26 Å². The van der Waals surface area contributed by atoms with Crippen molar-refractivity contribution in [1.29, 1.82) is 5.26 Å². The van der Waals surface area contributed by atoms with E-state index in [0.29, 0.717) is 12.1 Å². The average molecular weight is 276 g/mol. The number of nitrogens with one attached hydrogen (secondary N) is 1. The summed E-state index contributed by atoms with van der Waals surface area (Å²) in [5.41, 5.74) is 0.901. The van der Waals surface area contributed by atoms with E-state index in [1.165, 1.54) is 31.7 Å². The molecule has 0 unspecified atom stereocenters. The van der Waals surface area contributed by atoms with E-state index >= 15 is 0 Å². The largest absolute Gasteiger partial charge is 0.312 e. The van der Waals surface area contributed by atoms with Crippen LogP contribution in [0.3, 0.4) is 0 Å². The number of nitrogens with zero attached hydrogens (tertiary/aromatic N) is 1. The first-order chi connectivity index (χ1) is 9.50. The standard InChI is InChI=1S/C17H25FN2/c1-4-5-6-10-17(2,3)13-20-12-15-9-7-8-14(11-19)16(15)18/h7-9,20H,4-6,10,12-13H2,1-3H3. The number of nitriles is 1. The molecular weight excluding hydrogens is 251 g/mol. The van der Waals surface area contributed by atoms with Crippen LogP contribution in [-0.2, 0) is 6.54 Å². The second-order valence-corrected chi connectivity index (χ2v) is 6.12. The molecule has 2 nitrogen and oxygen atoms in total. The third kappa shape index (κ3) is 5.30. The molecule has 110 valence electrons. The average Bonchev–Trinajstić information content (AvgIpc) is 2.41. The normalized spacial score (nSPS) is 11.3. The molecule has 0 bridgehead atoms. The van der Waals surface area contributed by atoms with Gasteiger partial charge in [0.1, 0.15) is 11.9 Å². The molecule has 0 aliphatic rings. The molecule has 0 saturated carbocycles. The third-order valence-corrected chi connectivity index (χ3v) is 3.58. The van der Waals surface area contributed by atoms with Gasteiger partial charge in [-0.3, -0.25) is 0 Å². The van der Waals surface area contributed by atoms with E-state index in [9.17, 15) is 4.39 Å². The van der Waals surface area contributed by atoms with Gasteiger partial charge in [0.2, 0.25) is 0 Å². The molecule has 0 spiro atoms. The van der Waals surface area contributed by atoms with Crippen molar-refractivity contribution in [2.45, 2.75) is 53.0 Å². The van der Waals surface area contributed by atoms with E-state index in [2.05, 4.69) is 26.1 Å². The van der Waals surface area contributed by atoms with Gasteiger partial charge in [-0.1, -0.05) is 52.2 Å². The molecule has 0 heterocycles. The second kappa shape index (κ2) is 8.01. The van der Waals surface area contributed by atoms with Crippen LogP contribution >= 0.6 is 0 Å². The molecule has 1 aromatic carbocycles. The predicted octanol–water partition coefficient (Wildman–Crippen LogP) is 4.39. The number of halogens is 1. The van der Waals surface area contributed by atoms with Gasteiger partial charge in [0.15, 0.2) is 0 Å². The summed E-state index contributed by atoms with van der Waals surface area (Å²) in [5, 5.41) is 12.1. The number of benzene rings is 1. The summed E-state index contributed by atoms with van der Waals surface area (Å²) >= 11 is 0. The Morgan fingerprint density at radius 3 is 2.70 bits per heavy atom. The van der Waals surface area contributed by atoms with Gasteiger partial charge in [-0.05, 0) is 17.9 Å². The van der Waals surface area contributed by atoms with E-state index in [-0.39, 0.29) is 11.0 Å². The van der Waals surface area contributed by atoms with Crippen molar-refractivity contribution in [3.63, 3.8) is 0 Å². The molecular formula is C17H25FN2. The Morgan fingerprint density at radius 2 is 2.05 bits per heavy atom. The van der Waals surface area contributed by atoms with Crippen molar-refractivity contribution < 1.29 is 4.39 Å². The molecule has 3 heteroatoms. The maximum atomic E-state index is 13.9. The van der Waals surface area contributed by atoms with Crippen LogP contribution in [0.5, 0.6) is 0 Å². The Labute approximate surface area is 122 Å². The summed E-state index contributed by atoms with van der Waals surface area (Å²) in [6.45, 7) is 8.00. The van der Waals surface area contributed by atoms with Crippen LogP contribution in [0.25, 0.3) is 0 Å². The Kier molecular flexibility index (Phi) is 6.67. The Hall–Kier alpha value is -1.40. The van der Waals surface area contributed by atoms with Crippen LogP contribution in [0.4, 0.5) is 4.39 Å². The van der Waals surface area contributed by atoms with Gasteiger partial charge >= 0.3 is 0 Å². The summed E-state index contributed by atoms with van der Waals surface area (Å²) in [7, 11) is 0. The van der Waals surface area contributed by atoms with E-state index < -0.39 is 5.82 Å². The molecule has 1 N–H and O–H groups in total. The molecule has 0 saturated heterocycles. The molecule has 0 radical (unpaired) electrons. The Balaban J connectivity index is 2.46. The van der Waals surface area contributed by atoms with Crippen molar-refractivity contribution in [2.24, 2.45) is 5.41 Å². The van der Waals surface area contributed by atoms with Crippen LogP contribution in [0.1, 0.15) is 57.6 Å². The van der Waals surface area contributed by atoms with Gasteiger partial charge in [0.05, 0.1) is 5.56 Å². The van der Waals surface area contributed by atoms with Crippen LogP contribution in [0.2, 0.25) is 0 Å². The highest BCUT2D eigenvalue weighted by atomic mass is 19.1. The van der Waals surface area contributed by atoms with E-state index in [0.717, 1.165) is 6.54 Å². The summed E-state index contributed by atoms with van der Waals surface area (Å²) in [6, 6.07) is 6.84. The lowest BCUT2D eigenvalue weighted by Crippen LogP contribution is -2.29. The van der Waals surface area contributed by atoms with Gasteiger partial charge in [0.25, 0.3) is 0 Å². The van der Waals surface area contributed by atoms with Gasteiger partial charge in [0, 0.05) is 18.7 Å². The van der Waals surface area contributed by atoms with Crippen molar-refractivity contribution in [2.75, 3.05) is 6.54 Å². The third-order valence-electron chi connectivity index (χ3n) is 3.58. The molecule has 0 fully saturated rings. The highest BCUT2D eigenvalue weighted by Gasteiger charge is 2.17. The zero-order chi connectivity index (χ0) is 15.0. The number of rotatable bonds is 8. The summed E-state index contributed by atoms with van der Waals surface area (Å²) in [6.07, 6.45) is 4.91. The minimum absolute atomic E-state index is 0.117. The van der Waals surface area contributed by atoms with Crippen LogP contribution in [0.15, 0.2) is 18.2 Å². The second-order valence-electron chi connectivity index (χ2n) is 6.12. The number of hydrogen-bond donors (Lipinski definition) is 1. The lowest BCUT2D eigenvalue weighted by molar-refractivity contribution is 0.301. The predicted molar refractivity (Wildman–Crippen MR) is 80.7 cm³/mol. The van der Waals surface area contributed by atoms with Gasteiger partial charge in [-0.15, -0.1) is 0 Å². The molecule has 1 aromatic rings. The van der Waals surface area contributed by atoms with E-state index in [1.807, 2.05) is 6.07 Å². The van der Waals surface area contributed by atoms with Crippen LogP contribution in [0, 0.1) is 22.6 Å². The molecule has 0 aliphatic carbocycles. The van der Waals surface area contributed by atoms with Crippen LogP contribution < -0.4 is 5.32 Å². The fraction of sp³-hybridized carbons (Fsp3) is 0.588. The first-order valence-corrected chi connectivity index (χ1v) is 7.38. The van der Waals surface area contributed by atoms with Crippen molar-refractivity contribution in [3.05, 3.63) is 35.1 Å². The first kappa shape index (κ1) is 16.7. The summed E-state index contributed by atoms with van der Waals surface area (Å²) in [5.74, 6) is -0.397. The quantitative estimate of drug-likeness (QED) is 0.715. The number of hydrogen-bond acceptors (Lipinski definition) is 2. The minimum atomic E-state index is -0.397. The molecule has 0 aromatic heterocycles. The summed E-state index contributed by atoms with van der Waals surface area (Å²) < 4.78 is 13.9. The molecule has 0 atom stereocenters. The van der Waals surface area contributed by atoms with Gasteiger partial charge < -0.3 is 5.32 Å². The molecule has 0 aliphatic heterocycles. The van der Waals surface area contributed by atoms with Crippen molar-refractivity contribution in [1.82, 2.24) is 5.32 Å². The lowest BCUT2D eigenvalue weighted by atomic mass is 9.87. The SMILES string of the molecule is CCCCCC(C)(C)CNCc1cccc(C#N)c1F. The maximum absolute atomic E-state index is 13.9. The zero-order valence-electron chi connectivity index (χ0n) is 12.8. The Morgan fingerprint density at radius 1 is 1.30 bits per heavy atom. The van der Waals surface area contributed by atoms with E-state index in [1.54, 1.807) is 12.1 Å². The minimum Gasteiger partial charge on any atom is -0.312 e. The van der Waals surface area contributed by atoms with Crippen molar-refractivity contribution >= 4 is 0 Å². The van der Waals surface area contributed by atoms with Crippen LogP contribution in [-0.4, -0.2) is 6.54 Å². The topological polar surface area (TPSA) is 35.8 Å². The van der Waals surface area contributed by atoms with Gasteiger partial charge in [-0.25, -0.2) is 4.39 Å². The van der Waals surface area contributed by atoms with Crippen molar-refractivity contribution in [3.8, 4) is 6.07 Å². The fourth-order valence-electron chi connectivity index (χ4n) is 2.28. The highest BCUT2D eigenvalue weighted by molar-refractivity contribution is 5.34. The lowest BCUT2D eigenvalue weighted by Gasteiger charge is -2.25. The van der Waals surface area contributed by atoms with E-state index in [4.69, 9.17) is 5.26 Å². The molecule has 0 amide bonds. The smallest absolute Gasteiger partial charge is 0.145 e. The summed E-state index contributed by atoms with van der Waals surface area (Å²) in [4.78, 5) is 0. The molecule has 1 rings (SSSR count). The zero-order valence-corrected chi connectivity index (χ0v) is 12.8. The highest BCUT2D eigenvalue weighted by Crippen LogP contribution is 2.23.